The minimum absolute atomic E-state index is 0.251. The average Bonchev–Trinajstić information content (AvgIpc) is 2.47. The van der Waals surface area contributed by atoms with Crippen LogP contribution in [-0.4, -0.2) is 12.3 Å². The summed E-state index contributed by atoms with van der Waals surface area (Å²) in [6.45, 7) is 0.251. The first kappa shape index (κ1) is 14.9. The molecule has 0 aliphatic rings. The maximum Gasteiger partial charge on any atom is 0.440 e. The first-order valence-electron chi connectivity index (χ1n) is 5.99. The van der Waals surface area contributed by atoms with Crippen molar-refractivity contribution in [2.75, 3.05) is 6.26 Å². The number of carbonyl (C=O) groups excluding carboxylic acids is 1. The van der Waals surface area contributed by atoms with E-state index < -0.39 is 16.8 Å². The molecule has 0 saturated carbocycles. The largest absolute Gasteiger partial charge is 0.443 e. The zero-order valence-corrected chi connectivity index (χ0v) is 13.4. The Morgan fingerprint density at radius 1 is 1.15 bits per heavy atom. The third-order valence-corrected chi connectivity index (χ3v) is 4.48. The second kappa shape index (κ2) is 7.36. The van der Waals surface area contributed by atoms with Gasteiger partial charge in [0.05, 0.1) is 0 Å². The Morgan fingerprint density at radius 3 is 2.45 bits per heavy atom. The van der Waals surface area contributed by atoms with Crippen LogP contribution in [0.2, 0.25) is 0 Å². The summed E-state index contributed by atoms with van der Waals surface area (Å²) in [5, 5.41) is 0. The summed E-state index contributed by atoms with van der Waals surface area (Å²) < 4.78 is 10.2. The van der Waals surface area contributed by atoms with Crippen molar-refractivity contribution >= 4 is 32.7 Å². The van der Waals surface area contributed by atoms with Crippen molar-refractivity contribution in [1.82, 2.24) is 0 Å². The molecule has 1 atom stereocenters. The summed E-state index contributed by atoms with van der Waals surface area (Å²) in [5.74, 6) is 0. The van der Waals surface area contributed by atoms with Gasteiger partial charge in [-0.1, -0.05) is 57.0 Å². The van der Waals surface area contributed by atoms with E-state index in [1.54, 1.807) is 0 Å². The molecule has 104 valence electrons. The van der Waals surface area contributed by atoms with Crippen molar-refractivity contribution in [3.05, 3.63) is 64.6 Å². The van der Waals surface area contributed by atoms with E-state index in [2.05, 4.69) is 20.3 Å². The normalized spacial score (nSPS) is 12.1. The average molecular weight is 352 g/mol. The maximum atomic E-state index is 11.7. The summed E-state index contributed by atoms with van der Waals surface area (Å²) in [7, 11) is -0.500. The third-order valence-electron chi connectivity index (χ3n) is 2.57. The van der Waals surface area contributed by atoms with Gasteiger partial charge >= 0.3 is 6.09 Å². The second-order valence-electron chi connectivity index (χ2n) is 4.06. The lowest BCUT2D eigenvalue weighted by molar-refractivity contribution is 0.151. The van der Waals surface area contributed by atoms with E-state index in [9.17, 15) is 4.79 Å². The van der Waals surface area contributed by atoms with Gasteiger partial charge in [0.15, 0.2) is 0 Å². The fourth-order valence-corrected chi connectivity index (χ4v) is 2.72. The SMILES string of the molecule is C/S(=N\C(=O)OCc1ccccc1)c1ccc(Br)cc1. The smallest absolute Gasteiger partial charge is 0.440 e. The summed E-state index contributed by atoms with van der Waals surface area (Å²) in [6, 6.07) is 17.3. The van der Waals surface area contributed by atoms with Gasteiger partial charge < -0.3 is 4.74 Å². The van der Waals surface area contributed by atoms with Gasteiger partial charge in [-0.25, -0.2) is 4.79 Å². The molecule has 0 aliphatic heterocycles. The molecule has 2 aromatic carbocycles. The second-order valence-corrected chi connectivity index (χ2v) is 6.59. The van der Waals surface area contributed by atoms with Crippen molar-refractivity contribution in [2.45, 2.75) is 11.5 Å². The van der Waals surface area contributed by atoms with Gasteiger partial charge in [0.1, 0.15) is 6.61 Å². The topological polar surface area (TPSA) is 38.7 Å². The van der Waals surface area contributed by atoms with Gasteiger partial charge in [0.25, 0.3) is 0 Å². The molecular formula is C15H14BrNO2S. The highest BCUT2D eigenvalue weighted by atomic mass is 79.9. The zero-order valence-electron chi connectivity index (χ0n) is 11.0. The highest BCUT2D eigenvalue weighted by Gasteiger charge is 2.03. The first-order chi connectivity index (χ1) is 9.65. The molecule has 3 nitrogen and oxygen atoms in total. The summed E-state index contributed by atoms with van der Waals surface area (Å²) in [6.07, 6.45) is 1.37. The molecule has 0 heterocycles. The van der Waals surface area contributed by atoms with E-state index in [-0.39, 0.29) is 6.61 Å². The predicted octanol–water partition coefficient (Wildman–Crippen LogP) is 4.58. The highest BCUT2D eigenvalue weighted by molar-refractivity contribution is 9.10. The number of amides is 1. The lowest BCUT2D eigenvalue weighted by Gasteiger charge is -2.04. The Labute approximate surface area is 129 Å². The molecule has 20 heavy (non-hydrogen) atoms. The molecule has 1 amide bonds. The predicted molar refractivity (Wildman–Crippen MR) is 84.8 cm³/mol. The van der Waals surface area contributed by atoms with Crippen molar-refractivity contribution in [1.29, 1.82) is 0 Å². The van der Waals surface area contributed by atoms with Gasteiger partial charge in [-0.15, -0.1) is 4.36 Å². The number of hydrogen-bond acceptors (Lipinski definition) is 2. The minimum atomic E-state index is -0.525. The van der Waals surface area contributed by atoms with Gasteiger partial charge in [-0.05, 0) is 36.1 Å². The standard InChI is InChI=1S/C15H14BrNO2S/c1-20(14-9-7-13(16)8-10-14)17-15(18)19-11-12-5-3-2-4-6-12/h2-10H,11H2,1H3. The van der Waals surface area contributed by atoms with E-state index in [4.69, 9.17) is 4.74 Å². The number of hydrogen-bond donors (Lipinski definition) is 0. The van der Waals surface area contributed by atoms with Crippen LogP contribution >= 0.6 is 15.9 Å². The Bertz CT molecular complexity index is 612. The molecule has 2 rings (SSSR count). The van der Waals surface area contributed by atoms with Gasteiger partial charge in [-0.3, -0.25) is 0 Å². The summed E-state index contributed by atoms with van der Waals surface area (Å²) in [4.78, 5) is 12.7. The monoisotopic (exact) mass is 351 g/mol. The summed E-state index contributed by atoms with van der Waals surface area (Å²) in [5.41, 5.74) is 0.954. The number of ether oxygens (including phenoxy) is 1. The van der Waals surface area contributed by atoms with Crippen LogP contribution in [0.3, 0.4) is 0 Å². The van der Waals surface area contributed by atoms with Crippen LogP contribution < -0.4 is 0 Å². The van der Waals surface area contributed by atoms with E-state index in [1.807, 2.05) is 60.9 Å². The fraction of sp³-hybridized carbons (Fsp3) is 0.133. The van der Waals surface area contributed by atoms with Gasteiger partial charge in [0, 0.05) is 9.37 Å². The van der Waals surface area contributed by atoms with Crippen LogP contribution in [0, 0.1) is 0 Å². The molecule has 5 heteroatoms. The first-order valence-corrected chi connectivity index (χ1v) is 8.37. The maximum absolute atomic E-state index is 11.7. The Balaban J connectivity index is 1.96. The molecular weight excluding hydrogens is 338 g/mol. The number of nitrogens with zero attached hydrogens (tertiary/aromatic N) is 1. The zero-order chi connectivity index (χ0) is 14.4. The molecule has 0 N–H and O–H groups in total. The number of rotatable bonds is 3. The van der Waals surface area contributed by atoms with Crippen LogP contribution in [0.25, 0.3) is 0 Å². The Morgan fingerprint density at radius 2 is 1.80 bits per heavy atom. The van der Waals surface area contributed by atoms with Crippen LogP contribution in [0.5, 0.6) is 0 Å². The van der Waals surface area contributed by atoms with Crippen LogP contribution in [-0.2, 0) is 22.0 Å². The van der Waals surface area contributed by atoms with Crippen LogP contribution in [0.4, 0.5) is 4.79 Å². The quantitative estimate of drug-likeness (QED) is 0.811. The van der Waals surface area contributed by atoms with Crippen LogP contribution in [0.15, 0.2) is 68.3 Å². The van der Waals surface area contributed by atoms with E-state index in [0.29, 0.717) is 0 Å². The Hall–Kier alpha value is -1.46. The third kappa shape index (κ3) is 4.58. The van der Waals surface area contributed by atoms with E-state index in [0.717, 1.165) is 14.9 Å². The summed E-state index contributed by atoms with van der Waals surface area (Å²) >= 11 is 3.38. The molecule has 0 spiro atoms. The van der Waals surface area contributed by atoms with Crippen molar-refractivity contribution < 1.29 is 9.53 Å². The van der Waals surface area contributed by atoms with Crippen molar-refractivity contribution in [3.63, 3.8) is 0 Å². The van der Waals surface area contributed by atoms with Gasteiger partial charge in [-0.2, -0.15) is 0 Å². The number of halogens is 1. The van der Waals surface area contributed by atoms with Gasteiger partial charge in [0.2, 0.25) is 0 Å². The lowest BCUT2D eigenvalue weighted by Crippen LogP contribution is -2.01. The Kier molecular flexibility index (Phi) is 5.49. The molecule has 0 fully saturated rings. The molecule has 0 saturated heterocycles. The molecule has 0 radical (unpaired) electrons. The molecule has 1 unspecified atom stereocenters. The van der Waals surface area contributed by atoms with Crippen molar-refractivity contribution in [2.24, 2.45) is 4.36 Å². The van der Waals surface area contributed by atoms with E-state index >= 15 is 0 Å². The van der Waals surface area contributed by atoms with E-state index in [1.165, 1.54) is 0 Å². The van der Waals surface area contributed by atoms with Crippen LogP contribution in [0.1, 0.15) is 5.56 Å². The number of carbonyl (C=O) groups is 1. The van der Waals surface area contributed by atoms with Crippen molar-refractivity contribution in [3.8, 4) is 0 Å². The lowest BCUT2D eigenvalue weighted by atomic mass is 10.2. The fourth-order valence-electron chi connectivity index (χ4n) is 1.54. The molecule has 0 aliphatic carbocycles. The molecule has 0 aromatic heterocycles. The molecule has 0 bridgehead atoms. The highest BCUT2D eigenvalue weighted by Crippen LogP contribution is 2.14. The minimum Gasteiger partial charge on any atom is -0.443 e. The number of benzene rings is 2. The molecule has 2 aromatic rings.